The molecule has 0 bridgehead atoms. The van der Waals surface area contributed by atoms with E-state index in [4.69, 9.17) is 9.47 Å². The van der Waals surface area contributed by atoms with E-state index in [2.05, 4.69) is 0 Å². The number of halogens is 2. The van der Waals surface area contributed by atoms with E-state index in [1.165, 1.54) is 6.07 Å². The Morgan fingerprint density at radius 3 is 2.39 bits per heavy atom. The summed E-state index contributed by atoms with van der Waals surface area (Å²) < 4.78 is 37.6. The van der Waals surface area contributed by atoms with Crippen molar-refractivity contribution in [3.05, 3.63) is 66.2 Å². The maximum absolute atomic E-state index is 13.5. The average Bonchev–Trinajstić information content (AvgIpc) is 2.74. The van der Waals surface area contributed by atoms with Gasteiger partial charge in [-0.15, -0.1) is 0 Å². The second-order valence-electron chi connectivity index (χ2n) is 6.63. The van der Waals surface area contributed by atoms with Gasteiger partial charge >= 0.3 is 0 Å². The van der Waals surface area contributed by atoms with Crippen molar-refractivity contribution in [1.82, 2.24) is 4.90 Å². The number of carbonyl (C=O) groups is 1. The highest BCUT2D eigenvalue weighted by Crippen LogP contribution is 2.28. The predicted molar refractivity (Wildman–Crippen MR) is 102 cm³/mol. The van der Waals surface area contributed by atoms with Gasteiger partial charge in [0.05, 0.1) is 13.2 Å². The van der Waals surface area contributed by atoms with Gasteiger partial charge in [0.1, 0.15) is 5.75 Å². The third kappa shape index (κ3) is 3.97. The Morgan fingerprint density at radius 2 is 1.61 bits per heavy atom. The summed E-state index contributed by atoms with van der Waals surface area (Å²) in [4.78, 5) is 13.9. The maximum atomic E-state index is 13.5. The number of nitrogens with zero attached hydrogens (tertiary/aromatic N) is 1. The minimum atomic E-state index is -0.878. The van der Waals surface area contributed by atoms with Crippen LogP contribution in [0.15, 0.2) is 54.6 Å². The highest BCUT2D eigenvalue weighted by Gasteiger charge is 2.17. The number of benzene rings is 3. The van der Waals surface area contributed by atoms with Crippen LogP contribution in [0.2, 0.25) is 0 Å². The standard InChI is InChI=1S/C22H19F2NO3/c23-20-6-4-17(13-21(20)24)16-2-1-15-3-5-19(12-18(15)11-16)28-14-22(26)25-7-9-27-10-8-25/h1-6,11-13H,7-10,14H2. The fourth-order valence-electron chi connectivity index (χ4n) is 3.22. The highest BCUT2D eigenvalue weighted by molar-refractivity contribution is 5.88. The minimum Gasteiger partial charge on any atom is -0.484 e. The Balaban J connectivity index is 1.52. The molecule has 0 aromatic heterocycles. The van der Waals surface area contributed by atoms with Crippen LogP contribution in [-0.2, 0) is 9.53 Å². The van der Waals surface area contributed by atoms with Gasteiger partial charge < -0.3 is 14.4 Å². The molecule has 0 aliphatic carbocycles. The van der Waals surface area contributed by atoms with Crippen molar-refractivity contribution in [3.8, 4) is 16.9 Å². The van der Waals surface area contributed by atoms with Gasteiger partial charge in [0, 0.05) is 13.1 Å². The van der Waals surface area contributed by atoms with Crippen molar-refractivity contribution in [3.63, 3.8) is 0 Å². The Bertz CT molecular complexity index is 1020. The van der Waals surface area contributed by atoms with Crippen LogP contribution in [0.1, 0.15) is 0 Å². The average molecular weight is 383 g/mol. The van der Waals surface area contributed by atoms with Crippen LogP contribution in [0.5, 0.6) is 5.75 Å². The maximum Gasteiger partial charge on any atom is 0.260 e. The molecule has 1 saturated heterocycles. The van der Waals surface area contributed by atoms with Gasteiger partial charge in [-0.3, -0.25) is 4.79 Å². The van der Waals surface area contributed by atoms with Crippen molar-refractivity contribution in [1.29, 1.82) is 0 Å². The summed E-state index contributed by atoms with van der Waals surface area (Å²) in [7, 11) is 0. The van der Waals surface area contributed by atoms with E-state index in [-0.39, 0.29) is 12.5 Å². The second-order valence-corrected chi connectivity index (χ2v) is 6.63. The van der Waals surface area contributed by atoms with E-state index in [1.54, 1.807) is 11.0 Å². The molecule has 0 spiro atoms. The molecule has 3 aromatic carbocycles. The van der Waals surface area contributed by atoms with Crippen molar-refractivity contribution in [2.75, 3.05) is 32.9 Å². The first-order valence-corrected chi connectivity index (χ1v) is 9.08. The monoisotopic (exact) mass is 383 g/mol. The van der Waals surface area contributed by atoms with Gasteiger partial charge in [0.2, 0.25) is 0 Å². The lowest BCUT2D eigenvalue weighted by molar-refractivity contribution is -0.137. The number of fused-ring (bicyclic) bond motifs is 1. The third-order valence-electron chi connectivity index (χ3n) is 4.79. The zero-order valence-corrected chi connectivity index (χ0v) is 15.2. The molecule has 0 unspecified atom stereocenters. The molecule has 144 valence electrons. The molecule has 0 radical (unpaired) electrons. The minimum absolute atomic E-state index is 0.0334. The Morgan fingerprint density at radius 1 is 0.893 bits per heavy atom. The SMILES string of the molecule is O=C(COc1ccc2ccc(-c3ccc(F)c(F)c3)cc2c1)N1CCOCC1. The van der Waals surface area contributed by atoms with Crippen LogP contribution in [0.4, 0.5) is 8.78 Å². The van der Waals surface area contributed by atoms with Crippen LogP contribution in [0.25, 0.3) is 21.9 Å². The number of amides is 1. The highest BCUT2D eigenvalue weighted by atomic mass is 19.2. The van der Waals surface area contributed by atoms with Crippen LogP contribution in [0, 0.1) is 11.6 Å². The summed E-state index contributed by atoms with van der Waals surface area (Å²) in [5.41, 5.74) is 1.36. The number of hydrogen-bond donors (Lipinski definition) is 0. The largest absolute Gasteiger partial charge is 0.484 e. The summed E-state index contributed by atoms with van der Waals surface area (Å²) in [6, 6.07) is 15.0. The molecule has 1 fully saturated rings. The number of ether oxygens (including phenoxy) is 2. The molecule has 4 nitrogen and oxygen atoms in total. The van der Waals surface area contributed by atoms with E-state index in [0.717, 1.165) is 22.4 Å². The van der Waals surface area contributed by atoms with E-state index in [1.807, 2.05) is 36.4 Å². The van der Waals surface area contributed by atoms with E-state index in [0.29, 0.717) is 37.6 Å². The molecule has 6 heteroatoms. The molecule has 28 heavy (non-hydrogen) atoms. The van der Waals surface area contributed by atoms with Crippen LogP contribution in [0.3, 0.4) is 0 Å². The smallest absolute Gasteiger partial charge is 0.260 e. The summed E-state index contributed by atoms with van der Waals surface area (Å²) >= 11 is 0. The Kier molecular flexibility index (Phi) is 5.21. The lowest BCUT2D eigenvalue weighted by Gasteiger charge is -2.26. The predicted octanol–water partition coefficient (Wildman–Crippen LogP) is 4.02. The summed E-state index contributed by atoms with van der Waals surface area (Å²) in [5, 5.41) is 1.87. The van der Waals surface area contributed by atoms with Gasteiger partial charge in [0.15, 0.2) is 18.2 Å². The lowest BCUT2D eigenvalue weighted by Crippen LogP contribution is -2.42. The Hall–Kier alpha value is -2.99. The van der Waals surface area contributed by atoms with Gasteiger partial charge in [-0.2, -0.15) is 0 Å². The fraction of sp³-hybridized carbons (Fsp3) is 0.227. The van der Waals surface area contributed by atoms with E-state index < -0.39 is 11.6 Å². The quantitative estimate of drug-likeness (QED) is 0.683. The van der Waals surface area contributed by atoms with E-state index in [9.17, 15) is 13.6 Å². The molecule has 1 aliphatic heterocycles. The van der Waals surface area contributed by atoms with Crippen molar-refractivity contribution >= 4 is 16.7 Å². The molecule has 1 heterocycles. The second kappa shape index (κ2) is 7.94. The topological polar surface area (TPSA) is 38.8 Å². The fourth-order valence-corrected chi connectivity index (χ4v) is 3.22. The molecule has 1 aliphatic rings. The van der Waals surface area contributed by atoms with Crippen molar-refractivity contribution < 1.29 is 23.0 Å². The van der Waals surface area contributed by atoms with E-state index >= 15 is 0 Å². The molecule has 0 saturated carbocycles. The summed E-state index contributed by atoms with van der Waals surface area (Å²) in [5.74, 6) is -1.24. The van der Waals surface area contributed by atoms with Gasteiger partial charge in [-0.05, 0) is 52.2 Å². The van der Waals surface area contributed by atoms with Crippen molar-refractivity contribution in [2.24, 2.45) is 0 Å². The molecule has 0 N–H and O–H groups in total. The first kappa shape index (κ1) is 18.4. The van der Waals surface area contributed by atoms with Crippen LogP contribution >= 0.6 is 0 Å². The molecule has 1 amide bonds. The number of carbonyl (C=O) groups excluding carboxylic acids is 1. The molecule has 0 atom stereocenters. The zero-order chi connectivity index (χ0) is 19.5. The molecule has 3 aromatic rings. The normalized spacial score (nSPS) is 14.3. The summed E-state index contributed by atoms with van der Waals surface area (Å²) in [6.07, 6.45) is 0. The molecular formula is C22H19F2NO3. The number of hydrogen-bond acceptors (Lipinski definition) is 3. The van der Waals surface area contributed by atoms with Gasteiger partial charge in [-0.1, -0.05) is 24.3 Å². The first-order chi connectivity index (χ1) is 13.6. The van der Waals surface area contributed by atoms with Gasteiger partial charge in [0.25, 0.3) is 5.91 Å². The van der Waals surface area contributed by atoms with Crippen LogP contribution in [-0.4, -0.2) is 43.7 Å². The van der Waals surface area contributed by atoms with Crippen LogP contribution < -0.4 is 4.74 Å². The molecule has 4 rings (SSSR count). The third-order valence-corrected chi connectivity index (χ3v) is 4.79. The summed E-state index contributed by atoms with van der Waals surface area (Å²) in [6.45, 7) is 2.23. The van der Waals surface area contributed by atoms with Crippen molar-refractivity contribution in [2.45, 2.75) is 0 Å². The first-order valence-electron chi connectivity index (χ1n) is 9.08. The Labute approximate surface area is 161 Å². The lowest BCUT2D eigenvalue weighted by atomic mass is 10.0. The van der Waals surface area contributed by atoms with Gasteiger partial charge in [-0.25, -0.2) is 8.78 Å². The molecular weight excluding hydrogens is 364 g/mol. The zero-order valence-electron chi connectivity index (χ0n) is 15.2. The number of morpholine rings is 1. The number of rotatable bonds is 4.